The molecule has 1 fully saturated rings. The monoisotopic (exact) mass is 440 g/mol. The molecule has 0 spiro atoms. The number of hydrogen-bond acceptors (Lipinski definition) is 6. The number of hydrogen-bond donors (Lipinski definition) is 0. The Morgan fingerprint density at radius 1 is 1.23 bits per heavy atom. The van der Waals surface area contributed by atoms with E-state index in [-0.39, 0.29) is 17.5 Å². The Hall–Kier alpha value is -3.32. The summed E-state index contributed by atoms with van der Waals surface area (Å²) in [7, 11) is 1.52. The Kier molecular flexibility index (Phi) is 5.95. The van der Waals surface area contributed by atoms with Crippen molar-refractivity contribution in [2.75, 3.05) is 25.2 Å². The number of aliphatic imine (C=N–C) groups is 1. The number of ether oxygens (including phenoxy) is 3. The normalized spacial score (nSPS) is 17.2. The Balaban J connectivity index is 1.59. The van der Waals surface area contributed by atoms with Gasteiger partial charge in [0.05, 0.1) is 18.7 Å². The molecule has 160 valence electrons. The lowest BCUT2D eigenvalue weighted by molar-refractivity contribution is -0.130. The number of anilines is 1. The van der Waals surface area contributed by atoms with E-state index in [0.29, 0.717) is 40.7 Å². The largest absolute Gasteiger partial charge is 0.493 e. The number of halogens is 1. The molecule has 2 heterocycles. The van der Waals surface area contributed by atoms with Gasteiger partial charge in [-0.05, 0) is 61.4 Å². The van der Waals surface area contributed by atoms with Crippen molar-refractivity contribution in [1.82, 2.24) is 0 Å². The zero-order valence-corrected chi connectivity index (χ0v) is 17.9. The first-order valence-electron chi connectivity index (χ1n) is 9.94. The van der Waals surface area contributed by atoms with Crippen molar-refractivity contribution < 1.29 is 23.8 Å². The molecule has 2 aromatic rings. The van der Waals surface area contributed by atoms with E-state index in [1.807, 2.05) is 19.1 Å². The second-order valence-electron chi connectivity index (χ2n) is 7.00. The molecule has 8 heteroatoms. The molecule has 31 heavy (non-hydrogen) atoms. The third kappa shape index (κ3) is 4.27. The van der Waals surface area contributed by atoms with E-state index >= 15 is 0 Å². The maximum Gasteiger partial charge on any atom is 0.363 e. The van der Waals surface area contributed by atoms with E-state index in [9.17, 15) is 9.59 Å². The predicted octanol–water partition coefficient (Wildman–Crippen LogP) is 4.22. The molecule has 0 N–H and O–H groups in total. The molecule has 0 aliphatic carbocycles. The van der Waals surface area contributed by atoms with E-state index in [2.05, 4.69) is 4.99 Å². The molecular weight excluding hydrogens is 420 g/mol. The molecule has 7 nitrogen and oxygen atoms in total. The van der Waals surface area contributed by atoms with E-state index in [1.165, 1.54) is 7.11 Å². The smallest absolute Gasteiger partial charge is 0.363 e. The molecule has 4 rings (SSSR count). The van der Waals surface area contributed by atoms with Crippen LogP contribution in [0, 0.1) is 0 Å². The third-order valence-corrected chi connectivity index (χ3v) is 5.24. The first-order valence-corrected chi connectivity index (χ1v) is 10.3. The van der Waals surface area contributed by atoms with E-state index in [1.54, 1.807) is 35.2 Å². The zero-order valence-electron chi connectivity index (χ0n) is 17.2. The van der Waals surface area contributed by atoms with Crippen LogP contribution >= 0.6 is 11.6 Å². The van der Waals surface area contributed by atoms with Crippen LogP contribution in [0.2, 0.25) is 5.02 Å². The fraction of sp³-hybridized carbons (Fsp3) is 0.261. The Morgan fingerprint density at radius 2 is 2.00 bits per heavy atom. The molecule has 2 aliphatic heterocycles. The minimum absolute atomic E-state index is 0.118. The summed E-state index contributed by atoms with van der Waals surface area (Å²) < 4.78 is 16.2. The highest BCUT2D eigenvalue weighted by molar-refractivity contribution is 6.32. The number of carbonyl (C=O) groups excluding carboxylic acids is 2. The summed E-state index contributed by atoms with van der Waals surface area (Å²) in [6.45, 7) is 3.02. The van der Waals surface area contributed by atoms with E-state index in [4.69, 9.17) is 25.8 Å². The van der Waals surface area contributed by atoms with Crippen LogP contribution in [0.4, 0.5) is 5.69 Å². The lowest BCUT2D eigenvalue weighted by atomic mass is 10.1. The van der Waals surface area contributed by atoms with Gasteiger partial charge < -0.3 is 19.1 Å². The van der Waals surface area contributed by atoms with E-state index < -0.39 is 5.97 Å². The number of methoxy groups -OCH3 is 1. The van der Waals surface area contributed by atoms with Gasteiger partial charge in [-0.1, -0.05) is 11.6 Å². The maximum absolute atomic E-state index is 12.3. The van der Waals surface area contributed by atoms with Crippen molar-refractivity contribution >= 4 is 41.1 Å². The minimum Gasteiger partial charge on any atom is -0.493 e. The van der Waals surface area contributed by atoms with Crippen molar-refractivity contribution in [2.45, 2.75) is 19.8 Å². The second kappa shape index (κ2) is 8.81. The average Bonchev–Trinajstić information content (AvgIpc) is 3.35. The fourth-order valence-corrected chi connectivity index (χ4v) is 3.78. The molecule has 0 bridgehead atoms. The summed E-state index contributed by atoms with van der Waals surface area (Å²) >= 11 is 6.30. The number of carbonyl (C=O) groups is 2. The van der Waals surface area contributed by atoms with Gasteiger partial charge in [-0.25, -0.2) is 9.79 Å². The van der Waals surface area contributed by atoms with Crippen LogP contribution in [-0.4, -0.2) is 38.0 Å². The minimum atomic E-state index is -0.558. The molecule has 1 amide bonds. The first-order chi connectivity index (χ1) is 15.0. The van der Waals surface area contributed by atoms with Gasteiger partial charge in [0, 0.05) is 24.2 Å². The number of esters is 1. The summed E-state index contributed by atoms with van der Waals surface area (Å²) in [5.41, 5.74) is 2.25. The highest BCUT2D eigenvalue weighted by atomic mass is 35.5. The van der Waals surface area contributed by atoms with Gasteiger partial charge in [-0.3, -0.25) is 4.79 Å². The number of cyclic esters (lactones) is 1. The van der Waals surface area contributed by atoms with Gasteiger partial charge in [0.15, 0.2) is 17.2 Å². The van der Waals surface area contributed by atoms with Crippen molar-refractivity contribution in [3.8, 4) is 11.5 Å². The molecular formula is C23H21ClN2O5. The standard InChI is InChI=1S/C23H21ClN2O5/c1-3-30-21-17(24)11-14(13-19(21)29-2)12-18-23(28)31-22(25-18)15-6-8-16(9-7-15)26-10-4-5-20(26)27/h6-9,11-13H,3-5,10H2,1-2H3/b18-12+. The fourth-order valence-electron chi connectivity index (χ4n) is 3.50. The van der Waals surface area contributed by atoms with Gasteiger partial charge >= 0.3 is 5.97 Å². The summed E-state index contributed by atoms with van der Waals surface area (Å²) in [6.07, 6.45) is 3.01. The van der Waals surface area contributed by atoms with Gasteiger partial charge in [-0.2, -0.15) is 0 Å². The summed E-state index contributed by atoms with van der Waals surface area (Å²) in [5.74, 6) is 0.678. The molecule has 0 saturated carbocycles. The van der Waals surface area contributed by atoms with Crippen molar-refractivity contribution in [3.63, 3.8) is 0 Å². The summed E-state index contributed by atoms with van der Waals surface area (Å²) in [4.78, 5) is 30.3. The predicted molar refractivity (Wildman–Crippen MR) is 118 cm³/mol. The summed E-state index contributed by atoms with van der Waals surface area (Å²) in [5, 5.41) is 0.371. The second-order valence-corrected chi connectivity index (χ2v) is 7.41. The van der Waals surface area contributed by atoms with Gasteiger partial charge in [-0.15, -0.1) is 0 Å². The summed E-state index contributed by atoms with van der Waals surface area (Å²) in [6, 6.07) is 10.6. The van der Waals surface area contributed by atoms with Crippen molar-refractivity contribution in [1.29, 1.82) is 0 Å². The van der Waals surface area contributed by atoms with Crippen molar-refractivity contribution in [3.05, 3.63) is 58.2 Å². The third-order valence-electron chi connectivity index (χ3n) is 4.96. The number of rotatable bonds is 6. The quantitative estimate of drug-likeness (QED) is 0.496. The van der Waals surface area contributed by atoms with Crippen LogP contribution < -0.4 is 14.4 Å². The molecule has 0 aromatic heterocycles. The SMILES string of the molecule is CCOc1c(Cl)cc(/C=C2/N=C(c3ccc(N4CCCC4=O)cc3)OC2=O)cc1OC. The number of amides is 1. The first kappa shape index (κ1) is 20.9. The average molecular weight is 441 g/mol. The Labute approximate surface area is 184 Å². The highest BCUT2D eigenvalue weighted by Crippen LogP contribution is 2.37. The van der Waals surface area contributed by atoms with Gasteiger partial charge in [0.25, 0.3) is 0 Å². The van der Waals surface area contributed by atoms with Crippen LogP contribution in [0.25, 0.3) is 6.08 Å². The number of nitrogens with zero attached hydrogens (tertiary/aromatic N) is 2. The highest BCUT2D eigenvalue weighted by Gasteiger charge is 2.26. The molecule has 2 aliphatic rings. The van der Waals surface area contributed by atoms with E-state index in [0.717, 1.165) is 18.7 Å². The van der Waals surface area contributed by atoms with Crippen LogP contribution in [-0.2, 0) is 14.3 Å². The lowest BCUT2D eigenvalue weighted by Gasteiger charge is -2.15. The molecule has 0 unspecified atom stereocenters. The van der Waals surface area contributed by atoms with Gasteiger partial charge in [0.1, 0.15) is 0 Å². The van der Waals surface area contributed by atoms with Crippen molar-refractivity contribution in [2.24, 2.45) is 4.99 Å². The van der Waals surface area contributed by atoms with Crippen LogP contribution in [0.1, 0.15) is 30.9 Å². The van der Waals surface area contributed by atoms with Crippen LogP contribution in [0.3, 0.4) is 0 Å². The lowest BCUT2D eigenvalue weighted by Crippen LogP contribution is -2.23. The topological polar surface area (TPSA) is 77.4 Å². The Bertz CT molecular complexity index is 1090. The maximum atomic E-state index is 12.3. The van der Waals surface area contributed by atoms with Crippen LogP contribution in [0.15, 0.2) is 47.1 Å². The molecule has 1 saturated heterocycles. The number of benzene rings is 2. The van der Waals surface area contributed by atoms with Gasteiger partial charge in [0.2, 0.25) is 11.8 Å². The molecule has 0 atom stereocenters. The van der Waals surface area contributed by atoms with Crippen LogP contribution in [0.5, 0.6) is 11.5 Å². The molecule has 2 aromatic carbocycles. The Morgan fingerprint density at radius 3 is 2.65 bits per heavy atom. The molecule has 0 radical (unpaired) electrons. The zero-order chi connectivity index (χ0) is 22.0.